The number of esters is 1. The maximum atomic E-state index is 12.3. The average molecular weight is 660 g/mol. The van der Waals surface area contributed by atoms with Crippen molar-refractivity contribution in [3.8, 4) is 0 Å². The first kappa shape index (κ1) is 43.4. The molecule has 0 bridgehead atoms. The summed E-state index contributed by atoms with van der Waals surface area (Å²) in [6.07, 6.45) is 45.5. The Bertz CT molecular complexity index is 791. The number of β-amino-alcohol motifs (C(OH)–C–C–N with tert-alkyl or cyclic N) is 1. The lowest BCUT2D eigenvalue weighted by molar-refractivity contribution is -0.559. The highest BCUT2D eigenvalue weighted by atomic mass is 16.5. The number of aliphatic hydroxyl groups is 1. The number of nitrogens with one attached hydrogen (secondary N) is 1. The zero-order chi connectivity index (χ0) is 33.9. The number of nitrogens with zero attached hydrogens (tertiary/aromatic N) is 1. The number of aliphatic hydroxyl groups excluding tert-OH is 1. The third-order valence-corrected chi connectivity index (χ3v) is 9.70. The van der Waals surface area contributed by atoms with E-state index in [1.54, 1.807) is 0 Å². The van der Waals surface area contributed by atoms with E-state index in [4.69, 9.17) is 4.74 Å². The highest BCUT2D eigenvalue weighted by Crippen LogP contribution is 2.14. The van der Waals surface area contributed by atoms with E-state index in [0.29, 0.717) is 25.6 Å². The molecule has 47 heavy (non-hydrogen) atoms. The van der Waals surface area contributed by atoms with E-state index in [-0.39, 0.29) is 12.6 Å². The lowest BCUT2D eigenvalue weighted by Crippen LogP contribution is -2.30. The zero-order valence-corrected chi connectivity index (χ0v) is 31.4. The van der Waals surface area contributed by atoms with E-state index in [1.807, 2.05) is 0 Å². The summed E-state index contributed by atoms with van der Waals surface area (Å²) in [5, 5.41) is 13.3. The molecule has 0 aromatic carbocycles. The molecule has 2 N–H and O–H groups in total. The van der Waals surface area contributed by atoms with E-state index in [9.17, 15) is 9.90 Å². The maximum absolute atomic E-state index is 12.3. The summed E-state index contributed by atoms with van der Waals surface area (Å²) in [5.41, 5.74) is 0. The standard InChI is InChI=1S/C42H78N2O3/c1-3-5-7-9-11-13-15-17-19-21-23-25-27-29-31-33-41-43-39-40(44(41)36-37-45)35-38-47-42(46)34-32-30-28-26-24-22-20-18-16-14-12-10-8-6-4-2/h17-20,40,45H,3-16,21-39H2,1-2H3/p+1. The normalized spacial score (nSPS) is 15.0. The number of hydrogen-bond acceptors (Lipinski definition) is 4. The molecule has 0 saturated carbocycles. The van der Waals surface area contributed by atoms with Crippen molar-refractivity contribution in [2.45, 2.75) is 206 Å². The van der Waals surface area contributed by atoms with Crippen molar-refractivity contribution < 1.29 is 19.2 Å². The number of hydrogen-bond donors (Lipinski definition) is 2. The molecule has 1 atom stereocenters. The van der Waals surface area contributed by atoms with Gasteiger partial charge in [0.15, 0.2) is 0 Å². The average Bonchev–Trinajstić information content (AvgIpc) is 3.45. The molecule has 5 nitrogen and oxygen atoms in total. The minimum absolute atomic E-state index is 0.0557. The van der Waals surface area contributed by atoms with Gasteiger partial charge in [-0.15, -0.1) is 0 Å². The van der Waals surface area contributed by atoms with E-state index in [1.165, 1.54) is 160 Å². The summed E-state index contributed by atoms with van der Waals surface area (Å²) in [7, 11) is 0. The first-order valence-corrected chi connectivity index (χ1v) is 20.7. The summed E-state index contributed by atoms with van der Waals surface area (Å²) in [4.78, 5) is 12.3. The Morgan fingerprint density at radius 1 is 0.681 bits per heavy atom. The van der Waals surface area contributed by atoms with Crippen LogP contribution >= 0.6 is 0 Å². The van der Waals surface area contributed by atoms with Crippen LogP contribution in [0.25, 0.3) is 0 Å². The number of carbonyl (C=O) groups excluding carboxylic acids is 1. The van der Waals surface area contributed by atoms with Crippen LogP contribution in [-0.4, -0.2) is 53.8 Å². The van der Waals surface area contributed by atoms with Gasteiger partial charge in [-0.1, -0.05) is 141 Å². The van der Waals surface area contributed by atoms with Crippen LogP contribution in [0, 0.1) is 0 Å². The summed E-state index contributed by atoms with van der Waals surface area (Å²) < 4.78 is 7.92. The minimum atomic E-state index is -0.0557. The summed E-state index contributed by atoms with van der Waals surface area (Å²) in [6, 6.07) is 0.299. The van der Waals surface area contributed by atoms with Crippen LogP contribution in [0.1, 0.15) is 200 Å². The predicted molar refractivity (Wildman–Crippen MR) is 203 cm³/mol. The Labute approximate surface area is 292 Å². The molecule has 0 aliphatic carbocycles. The molecule has 5 heteroatoms. The third kappa shape index (κ3) is 27.0. The van der Waals surface area contributed by atoms with Crippen molar-refractivity contribution >= 4 is 11.8 Å². The predicted octanol–water partition coefficient (Wildman–Crippen LogP) is 11.4. The Hall–Kier alpha value is -1.62. The number of carbonyl (C=O) groups is 1. The summed E-state index contributed by atoms with van der Waals surface area (Å²) >= 11 is 0. The van der Waals surface area contributed by atoms with E-state index in [2.05, 4.69) is 48.0 Å². The molecule has 1 heterocycles. The van der Waals surface area contributed by atoms with Gasteiger partial charge >= 0.3 is 5.97 Å². The SMILES string of the molecule is CCCCCCCCC=CCCCCCCCC(=O)OCCC1CNC(CCCCCCCC=CCCCCCCCC)=[N+]1CCO. The van der Waals surface area contributed by atoms with Crippen LogP contribution in [-0.2, 0) is 9.53 Å². The van der Waals surface area contributed by atoms with Crippen LogP contribution in [0.5, 0.6) is 0 Å². The largest absolute Gasteiger partial charge is 0.465 e. The van der Waals surface area contributed by atoms with Crippen LogP contribution < -0.4 is 5.32 Å². The summed E-state index contributed by atoms with van der Waals surface area (Å²) in [5.74, 6) is 1.21. The van der Waals surface area contributed by atoms with Crippen molar-refractivity contribution in [3.63, 3.8) is 0 Å². The molecule has 1 rings (SSSR count). The number of unbranched alkanes of at least 4 members (excludes halogenated alkanes) is 22. The van der Waals surface area contributed by atoms with Gasteiger partial charge in [-0.2, -0.15) is 0 Å². The number of allylic oxidation sites excluding steroid dienone is 4. The fraction of sp³-hybridized carbons (Fsp3) is 0.857. The Balaban J connectivity index is 2.03. The highest BCUT2D eigenvalue weighted by molar-refractivity contribution is 5.78. The fourth-order valence-electron chi connectivity index (χ4n) is 6.67. The fourth-order valence-corrected chi connectivity index (χ4v) is 6.67. The van der Waals surface area contributed by atoms with Crippen LogP contribution in [0.15, 0.2) is 24.3 Å². The summed E-state index contributed by atoms with van der Waals surface area (Å²) in [6.45, 7) is 6.71. The zero-order valence-electron chi connectivity index (χ0n) is 31.4. The van der Waals surface area contributed by atoms with E-state index >= 15 is 0 Å². The van der Waals surface area contributed by atoms with Crippen LogP contribution in [0.4, 0.5) is 0 Å². The van der Waals surface area contributed by atoms with Gasteiger partial charge < -0.3 is 9.84 Å². The minimum Gasteiger partial charge on any atom is -0.465 e. The highest BCUT2D eigenvalue weighted by Gasteiger charge is 2.30. The van der Waals surface area contributed by atoms with Crippen molar-refractivity contribution in [1.82, 2.24) is 5.32 Å². The molecule has 274 valence electrons. The second-order valence-corrected chi connectivity index (χ2v) is 14.1. The lowest BCUT2D eigenvalue weighted by atomic mass is 10.1. The van der Waals surface area contributed by atoms with Gasteiger partial charge in [-0.05, 0) is 64.2 Å². The van der Waals surface area contributed by atoms with Gasteiger partial charge in [0.1, 0.15) is 19.1 Å². The molecule has 1 aliphatic heterocycles. The molecule has 0 radical (unpaired) electrons. The van der Waals surface area contributed by atoms with E-state index in [0.717, 1.165) is 32.2 Å². The number of rotatable bonds is 35. The Morgan fingerprint density at radius 2 is 1.13 bits per heavy atom. The second-order valence-electron chi connectivity index (χ2n) is 14.1. The molecule has 0 fully saturated rings. The molecular formula is C42H79N2O3+. The van der Waals surface area contributed by atoms with Gasteiger partial charge in [0.05, 0.1) is 13.2 Å². The molecule has 0 saturated heterocycles. The smallest absolute Gasteiger partial charge is 0.305 e. The van der Waals surface area contributed by atoms with Gasteiger partial charge in [-0.25, -0.2) is 0 Å². The van der Waals surface area contributed by atoms with Gasteiger partial charge in [0, 0.05) is 19.3 Å². The Morgan fingerprint density at radius 3 is 1.62 bits per heavy atom. The first-order chi connectivity index (χ1) is 23.2. The van der Waals surface area contributed by atoms with Crippen LogP contribution in [0.3, 0.4) is 0 Å². The quantitative estimate of drug-likeness (QED) is 0.0308. The van der Waals surface area contributed by atoms with Gasteiger partial charge in [-0.3, -0.25) is 14.7 Å². The van der Waals surface area contributed by atoms with Crippen molar-refractivity contribution in [2.75, 3.05) is 26.3 Å². The van der Waals surface area contributed by atoms with Crippen molar-refractivity contribution in [3.05, 3.63) is 24.3 Å². The van der Waals surface area contributed by atoms with Crippen molar-refractivity contribution in [1.29, 1.82) is 0 Å². The Kier molecular flexibility index (Phi) is 31.6. The number of amidine groups is 1. The molecule has 1 unspecified atom stereocenters. The monoisotopic (exact) mass is 660 g/mol. The second kappa shape index (κ2) is 34.3. The third-order valence-electron chi connectivity index (χ3n) is 9.70. The molecule has 1 aliphatic rings. The maximum Gasteiger partial charge on any atom is 0.305 e. The molecule has 0 aromatic heterocycles. The van der Waals surface area contributed by atoms with Gasteiger partial charge in [0.2, 0.25) is 5.84 Å². The van der Waals surface area contributed by atoms with E-state index < -0.39 is 0 Å². The molecule has 0 amide bonds. The van der Waals surface area contributed by atoms with Gasteiger partial charge in [0.25, 0.3) is 0 Å². The number of ether oxygens (including phenoxy) is 1. The van der Waals surface area contributed by atoms with Crippen LogP contribution in [0.2, 0.25) is 0 Å². The molecule has 0 spiro atoms. The molecular weight excluding hydrogens is 580 g/mol. The lowest BCUT2D eigenvalue weighted by Gasteiger charge is -2.12. The topological polar surface area (TPSA) is 61.6 Å². The first-order valence-electron chi connectivity index (χ1n) is 20.7. The molecule has 0 aromatic rings. The van der Waals surface area contributed by atoms with Crippen molar-refractivity contribution in [2.24, 2.45) is 0 Å².